The minimum Gasteiger partial charge on any atom is -0.446 e. The fourth-order valence-corrected chi connectivity index (χ4v) is 2.53. The van der Waals surface area contributed by atoms with E-state index in [0.29, 0.717) is 22.9 Å². The highest BCUT2D eigenvalue weighted by Crippen LogP contribution is 2.27. The van der Waals surface area contributed by atoms with Gasteiger partial charge in [-0.05, 0) is 57.1 Å². The lowest BCUT2D eigenvalue weighted by atomic mass is 10.3. The third-order valence-corrected chi connectivity index (χ3v) is 4.10. The molecule has 0 aromatic carbocycles. The highest BCUT2D eigenvalue weighted by molar-refractivity contribution is 14.1. The Balaban J connectivity index is 2.43. The van der Waals surface area contributed by atoms with Crippen molar-refractivity contribution in [3.8, 4) is 11.6 Å². The molecule has 0 aliphatic heterocycles. The summed E-state index contributed by atoms with van der Waals surface area (Å²) in [6.07, 6.45) is 1.03. The average molecular weight is 452 g/mol. The summed E-state index contributed by atoms with van der Waals surface area (Å²) in [6.45, 7) is 3.42. The fraction of sp³-hybridized carbons (Fsp3) is 0.385. The first kappa shape index (κ1) is 15.7. The first-order chi connectivity index (χ1) is 9.65. The van der Waals surface area contributed by atoms with Crippen LogP contribution in [0.4, 0.5) is 5.82 Å². The molecule has 2 aromatic heterocycles. The molecule has 0 amide bonds. The molecule has 0 bridgehead atoms. The summed E-state index contributed by atoms with van der Waals surface area (Å²) in [5.41, 5.74) is 0.851. The van der Waals surface area contributed by atoms with E-state index in [1.807, 2.05) is 12.1 Å². The number of methoxy groups -OCH3 is 1. The van der Waals surface area contributed by atoms with Crippen LogP contribution in [0.2, 0.25) is 0 Å². The Bertz CT molecular complexity index is 589. The summed E-state index contributed by atoms with van der Waals surface area (Å²) in [7, 11) is 1.65. The van der Waals surface area contributed by atoms with E-state index >= 15 is 0 Å². The molecule has 0 spiro atoms. The summed E-state index contributed by atoms with van der Waals surface area (Å²) < 4.78 is 12.4. The molecule has 0 saturated heterocycles. The van der Waals surface area contributed by atoms with Crippen LogP contribution in [-0.2, 0) is 11.3 Å². The summed E-state index contributed by atoms with van der Waals surface area (Å²) in [4.78, 5) is 9.05. The quantitative estimate of drug-likeness (QED) is 0.670. The predicted octanol–water partition coefficient (Wildman–Crippen LogP) is 4.07. The Kier molecular flexibility index (Phi) is 5.79. The van der Waals surface area contributed by atoms with Crippen molar-refractivity contribution in [2.24, 2.45) is 0 Å². The molecule has 108 valence electrons. The van der Waals surface area contributed by atoms with Crippen molar-refractivity contribution in [1.82, 2.24) is 9.97 Å². The van der Waals surface area contributed by atoms with Crippen LogP contribution in [0.1, 0.15) is 19.0 Å². The molecule has 0 saturated carbocycles. The van der Waals surface area contributed by atoms with E-state index in [1.54, 1.807) is 7.11 Å². The maximum Gasteiger partial charge on any atom is 0.198 e. The largest absolute Gasteiger partial charge is 0.446 e. The molecular weight excluding hydrogens is 437 g/mol. The van der Waals surface area contributed by atoms with E-state index in [-0.39, 0.29) is 0 Å². The highest BCUT2D eigenvalue weighted by atomic mass is 127. The van der Waals surface area contributed by atoms with Gasteiger partial charge in [0, 0.05) is 13.7 Å². The lowest BCUT2D eigenvalue weighted by molar-refractivity contribution is 0.181. The van der Waals surface area contributed by atoms with Gasteiger partial charge in [0.1, 0.15) is 5.82 Å². The molecule has 20 heavy (non-hydrogen) atoms. The lowest BCUT2D eigenvalue weighted by Gasteiger charge is -2.11. The van der Waals surface area contributed by atoms with Gasteiger partial charge in [0.2, 0.25) is 0 Å². The summed E-state index contributed by atoms with van der Waals surface area (Å²) in [6, 6.07) is 3.66. The van der Waals surface area contributed by atoms with Crippen molar-refractivity contribution in [1.29, 1.82) is 0 Å². The number of furan rings is 1. The zero-order valence-electron chi connectivity index (χ0n) is 11.2. The molecule has 0 aliphatic rings. The first-order valence-corrected chi connectivity index (χ1v) is 8.07. The fourth-order valence-electron chi connectivity index (χ4n) is 1.63. The van der Waals surface area contributed by atoms with E-state index in [4.69, 9.17) is 9.15 Å². The van der Waals surface area contributed by atoms with Crippen molar-refractivity contribution in [3.05, 3.63) is 26.1 Å². The molecule has 2 heterocycles. The number of rotatable bonds is 6. The van der Waals surface area contributed by atoms with Crippen LogP contribution in [-0.4, -0.2) is 23.6 Å². The van der Waals surface area contributed by atoms with E-state index in [2.05, 4.69) is 60.7 Å². The molecule has 1 N–H and O–H groups in total. The lowest BCUT2D eigenvalue weighted by Crippen LogP contribution is -2.09. The zero-order chi connectivity index (χ0) is 14.5. The van der Waals surface area contributed by atoms with Crippen LogP contribution in [0.5, 0.6) is 0 Å². The van der Waals surface area contributed by atoms with Crippen molar-refractivity contribution in [2.45, 2.75) is 20.0 Å². The number of nitrogens with one attached hydrogen (secondary N) is 1. The number of ether oxygens (including phenoxy) is 1. The van der Waals surface area contributed by atoms with E-state index in [9.17, 15) is 0 Å². The molecule has 0 radical (unpaired) electrons. The van der Waals surface area contributed by atoms with Gasteiger partial charge in [-0.2, -0.15) is 0 Å². The number of hydrogen-bond donors (Lipinski definition) is 1. The molecule has 2 rings (SSSR count). The first-order valence-electron chi connectivity index (χ1n) is 6.20. The van der Waals surface area contributed by atoms with Crippen LogP contribution in [0.3, 0.4) is 0 Å². The average Bonchev–Trinajstić information content (AvgIpc) is 2.86. The van der Waals surface area contributed by atoms with Crippen LogP contribution in [0, 0.1) is 3.57 Å². The monoisotopic (exact) mass is 451 g/mol. The third-order valence-electron chi connectivity index (χ3n) is 2.54. The van der Waals surface area contributed by atoms with Gasteiger partial charge >= 0.3 is 0 Å². The van der Waals surface area contributed by atoms with E-state index < -0.39 is 0 Å². The second-order valence-electron chi connectivity index (χ2n) is 4.12. The van der Waals surface area contributed by atoms with Gasteiger partial charge in [0.15, 0.2) is 16.3 Å². The number of nitrogens with zero attached hydrogens (tertiary/aromatic N) is 2. The molecule has 5 nitrogen and oxygen atoms in total. The van der Waals surface area contributed by atoms with E-state index in [1.165, 1.54) is 0 Å². The molecule has 2 aromatic rings. The van der Waals surface area contributed by atoms with Crippen LogP contribution in [0.15, 0.2) is 21.2 Å². The summed E-state index contributed by atoms with van der Waals surface area (Å²) >= 11 is 5.53. The van der Waals surface area contributed by atoms with Gasteiger partial charge < -0.3 is 14.5 Å². The Morgan fingerprint density at radius 1 is 1.40 bits per heavy atom. The molecule has 0 aliphatic carbocycles. The Labute approximate surface area is 139 Å². The van der Waals surface area contributed by atoms with E-state index in [0.717, 1.165) is 28.0 Å². The highest BCUT2D eigenvalue weighted by Gasteiger charge is 2.15. The minimum atomic E-state index is 0.441. The summed E-state index contributed by atoms with van der Waals surface area (Å²) in [5, 5.41) is 3.31. The van der Waals surface area contributed by atoms with Crippen molar-refractivity contribution < 1.29 is 9.15 Å². The Hall–Kier alpha value is -0.670. The zero-order valence-corrected chi connectivity index (χ0v) is 15.0. The van der Waals surface area contributed by atoms with Crippen molar-refractivity contribution in [3.63, 3.8) is 0 Å². The minimum absolute atomic E-state index is 0.441. The smallest absolute Gasteiger partial charge is 0.198 e. The molecule has 0 atom stereocenters. The Morgan fingerprint density at radius 2 is 2.20 bits per heavy atom. The number of aromatic nitrogens is 2. The van der Waals surface area contributed by atoms with Crippen molar-refractivity contribution in [2.75, 3.05) is 19.0 Å². The van der Waals surface area contributed by atoms with Gasteiger partial charge in [0.25, 0.3) is 0 Å². The summed E-state index contributed by atoms with van der Waals surface area (Å²) in [5.74, 6) is 2.00. The van der Waals surface area contributed by atoms with Gasteiger partial charge in [0.05, 0.1) is 15.9 Å². The molecule has 7 heteroatoms. The SMILES string of the molecule is CCCNc1nc(-c2ccc(Br)o2)nc(COC)c1I. The standard InChI is InChI=1S/C13H15BrIN3O2/c1-3-6-16-13-11(15)8(7-19-2)17-12(18-13)9-4-5-10(14)20-9/h4-5H,3,6-7H2,1-2H3,(H,16,17,18). The van der Waals surface area contributed by atoms with Gasteiger partial charge in [-0.1, -0.05) is 6.92 Å². The molecule has 0 fully saturated rings. The van der Waals surface area contributed by atoms with Crippen molar-refractivity contribution >= 4 is 44.3 Å². The van der Waals surface area contributed by atoms with Crippen LogP contribution < -0.4 is 5.32 Å². The number of anilines is 1. The second-order valence-corrected chi connectivity index (χ2v) is 5.98. The topological polar surface area (TPSA) is 60.2 Å². The predicted molar refractivity (Wildman–Crippen MR) is 89.6 cm³/mol. The third kappa shape index (κ3) is 3.70. The van der Waals surface area contributed by atoms with Crippen LogP contribution >= 0.6 is 38.5 Å². The number of halogens is 2. The Morgan fingerprint density at radius 3 is 2.80 bits per heavy atom. The maximum absolute atomic E-state index is 5.52. The second kappa shape index (κ2) is 7.37. The molecule has 0 unspecified atom stereocenters. The van der Waals surface area contributed by atoms with Gasteiger partial charge in [-0.25, -0.2) is 9.97 Å². The number of hydrogen-bond acceptors (Lipinski definition) is 5. The van der Waals surface area contributed by atoms with Gasteiger partial charge in [-0.15, -0.1) is 0 Å². The maximum atomic E-state index is 5.52. The molecular formula is C13H15BrIN3O2. The van der Waals surface area contributed by atoms with Gasteiger partial charge in [-0.3, -0.25) is 0 Å². The normalized spacial score (nSPS) is 10.8. The van der Waals surface area contributed by atoms with Crippen LogP contribution in [0.25, 0.3) is 11.6 Å².